The summed E-state index contributed by atoms with van der Waals surface area (Å²) in [5.74, 6) is -1.39. The molecule has 2 N–H and O–H groups in total. The molecule has 0 bridgehead atoms. The van der Waals surface area contributed by atoms with Crippen molar-refractivity contribution in [1.82, 2.24) is 5.32 Å². The van der Waals surface area contributed by atoms with Crippen LogP contribution >= 0.6 is 33.9 Å². The van der Waals surface area contributed by atoms with Crippen LogP contribution in [0.1, 0.15) is 15.9 Å². The van der Waals surface area contributed by atoms with E-state index in [9.17, 15) is 14.7 Å². The van der Waals surface area contributed by atoms with Gasteiger partial charge in [-0.1, -0.05) is 30.3 Å². The molecule has 1 aromatic carbocycles. The highest BCUT2D eigenvalue weighted by Gasteiger charge is 2.21. The van der Waals surface area contributed by atoms with Crippen LogP contribution in [0.15, 0.2) is 41.8 Å². The van der Waals surface area contributed by atoms with Crippen molar-refractivity contribution in [3.05, 3.63) is 55.8 Å². The lowest BCUT2D eigenvalue weighted by Crippen LogP contribution is -2.42. The van der Waals surface area contributed by atoms with E-state index < -0.39 is 12.0 Å². The number of thiophene rings is 1. The lowest BCUT2D eigenvalue weighted by molar-refractivity contribution is -0.139. The minimum absolute atomic E-state index is 0.267. The Morgan fingerprint density at radius 3 is 2.55 bits per heavy atom. The average Bonchev–Trinajstić information content (AvgIpc) is 2.86. The topological polar surface area (TPSA) is 66.4 Å². The number of aliphatic carboxylic acids is 1. The second kappa shape index (κ2) is 6.85. The zero-order chi connectivity index (χ0) is 14.5. The summed E-state index contributed by atoms with van der Waals surface area (Å²) in [5, 5.41) is 13.5. The first kappa shape index (κ1) is 15.0. The zero-order valence-electron chi connectivity index (χ0n) is 10.4. The lowest BCUT2D eigenvalue weighted by atomic mass is 10.1. The van der Waals surface area contributed by atoms with Crippen LogP contribution in [0.5, 0.6) is 0 Å². The fourth-order valence-corrected chi connectivity index (χ4v) is 3.05. The Morgan fingerprint density at radius 2 is 2.00 bits per heavy atom. The van der Waals surface area contributed by atoms with E-state index in [-0.39, 0.29) is 12.3 Å². The normalized spacial score (nSPS) is 11.8. The van der Waals surface area contributed by atoms with Gasteiger partial charge in [0.05, 0.1) is 8.45 Å². The Labute approximate surface area is 134 Å². The molecular formula is C14H12INO3S. The van der Waals surface area contributed by atoms with Gasteiger partial charge in [0.25, 0.3) is 5.91 Å². The molecule has 0 aliphatic carbocycles. The molecular weight excluding hydrogens is 389 g/mol. The minimum atomic E-state index is -1.04. The molecule has 20 heavy (non-hydrogen) atoms. The Kier molecular flexibility index (Phi) is 5.13. The number of hydrogen-bond acceptors (Lipinski definition) is 3. The number of carboxylic acid groups (broad SMARTS) is 1. The van der Waals surface area contributed by atoms with E-state index >= 15 is 0 Å². The summed E-state index contributed by atoms with van der Waals surface area (Å²) in [6.07, 6.45) is 0.267. The van der Waals surface area contributed by atoms with Crippen molar-refractivity contribution >= 4 is 45.8 Å². The summed E-state index contributed by atoms with van der Waals surface area (Å²) in [5.41, 5.74) is 1.37. The van der Waals surface area contributed by atoms with Crippen LogP contribution in [0.3, 0.4) is 0 Å². The van der Waals surface area contributed by atoms with E-state index in [2.05, 4.69) is 27.9 Å². The predicted octanol–water partition coefficient (Wildman–Crippen LogP) is 2.78. The second-order valence-electron chi connectivity index (χ2n) is 4.19. The number of carbonyl (C=O) groups excluding carboxylic acids is 1. The van der Waals surface area contributed by atoms with E-state index in [0.29, 0.717) is 5.56 Å². The number of nitrogens with one attached hydrogen (secondary N) is 1. The Hall–Kier alpha value is -1.41. The number of carboxylic acids is 1. The van der Waals surface area contributed by atoms with Crippen LogP contribution in [0.2, 0.25) is 0 Å². The third-order valence-electron chi connectivity index (χ3n) is 2.72. The number of hydrogen-bond donors (Lipinski definition) is 2. The van der Waals surface area contributed by atoms with Crippen LogP contribution in [-0.4, -0.2) is 23.0 Å². The molecule has 6 heteroatoms. The smallest absolute Gasteiger partial charge is 0.326 e. The van der Waals surface area contributed by atoms with Gasteiger partial charge in [-0.05, 0) is 34.2 Å². The molecule has 0 aliphatic heterocycles. The number of benzene rings is 1. The largest absolute Gasteiger partial charge is 0.480 e. The van der Waals surface area contributed by atoms with Crippen molar-refractivity contribution in [1.29, 1.82) is 0 Å². The van der Waals surface area contributed by atoms with Gasteiger partial charge in [-0.3, -0.25) is 4.79 Å². The predicted molar refractivity (Wildman–Crippen MR) is 86.1 cm³/mol. The van der Waals surface area contributed by atoms with Crippen molar-refractivity contribution in [3.8, 4) is 0 Å². The van der Waals surface area contributed by atoms with Crippen LogP contribution in [0.4, 0.5) is 0 Å². The van der Waals surface area contributed by atoms with Gasteiger partial charge in [0.1, 0.15) is 6.04 Å². The molecule has 1 atom stereocenters. The monoisotopic (exact) mass is 401 g/mol. The van der Waals surface area contributed by atoms with Gasteiger partial charge in [0, 0.05) is 11.8 Å². The Balaban J connectivity index is 2.06. The van der Waals surface area contributed by atoms with E-state index in [4.69, 9.17) is 0 Å². The molecule has 2 aromatic rings. The van der Waals surface area contributed by atoms with Crippen molar-refractivity contribution in [2.24, 2.45) is 0 Å². The summed E-state index contributed by atoms with van der Waals surface area (Å²) < 4.78 is 0.989. The van der Waals surface area contributed by atoms with E-state index in [1.54, 1.807) is 11.4 Å². The third-order valence-corrected chi connectivity index (χ3v) is 4.50. The molecule has 0 aliphatic rings. The van der Waals surface area contributed by atoms with Gasteiger partial charge in [-0.2, -0.15) is 0 Å². The summed E-state index contributed by atoms with van der Waals surface area (Å²) in [6.45, 7) is 0. The Bertz CT molecular complexity index is 612. The van der Waals surface area contributed by atoms with Crippen LogP contribution in [-0.2, 0) is 11.2 Å². The maximum atomic E-state index is 12.0. The first-order valence-electron chi connectivity index (χ1n) is 5.88. The zero-order valence-corrected chi connectivity index (χ0v) is 13.3. The van der Waals surface area contributed by atoms with Gasteiger partial charge in [0.2, 0.25) is 0 Å². The number of halogens is 1. The molecule has 0 radical (unpaired) electrons. The van der Waals surface area contributed by atoms with E-state index in [1.807, 2.05) is 30.3 Å². The molecule has 1 aromatic heterocycles. The highest BCUT2D eigenvalue weighted by atomic mass is 127. The van der Waals surface area contributed by atoms with E-state index in [0.717, 1.165) is 8.45 Å². The molecule has 1 unspecified atom stereocenters. The number of amides is 1. The van der Waals surface area contributed by atoms with Crippen molar-refractivity contribution in [2.45, 2.75) is 12.5 Å². The molecule has 0 spiro atoms. The summed E-state index contributed by atoms with van der Waals surface area (Å²) in [4.78, 5) is 23.3. The minimum Gasteiger partial charge on any atom is -0.480 e. The standard InChI is InChI=1S/C14H12INO3S/c15-12-7-10(8-20-12)13(17)16-11(14(18)19)6-9-4-2-1-3-5-9/h1-5,7-8,11H,6H2,(H,16,17)(H,18,19). The molecule has 0 saturated carbocycles. The molecule has 0 saturated heterocycles. The maximum Gasteiger partial charge on any atom is 0.326 e. The molecule has 0 fully saturated rings. The molecule has 104 valence electrons. The van der Waals surface area contributed by atoms with Crippen molar-refractivity contribution < 1.29 is 14.7 Å². The van der Waals surface area contributed by atoms with Gasteiger partial charge in [-0.15, -0.1) is 11.3 Å². The number of rotatable bonds is 5. The van der Waals surface area contributed by atoms with Crippen molar-refractivity contribution in [2.75, 3.05) is 0 Å². The summed E-state index contributed by atoms with van der Waals surface area (Å²) in [7, 11) is 0. The maximum absolute atomic E-state index is 12.0. The fourth-order valence-electron chi connectivity index (χ4n) is 1.72. The first-order chi connectivity index (χ1) is 9.56. The quantitative estimate of drug-likeness (QED) is 0.758. The average molecular weight is 401 g/mol. The van der Waals surface area contributed by atoms with Gasteiger partial charge >= 0.3 is 5.97 Å². The molecule has 1 amide bonds. The van der Waals surface area contributed by atoms with Crippen LogP contribution in [0.25, 0.3) is 0 Å². The lowest BCUT2D eigenvalue weighted by Gasteiger charge is -2.14. The first-order valence-corrected chi connectivity index (χ1v) is 7.83. The van der Waals surface area contributed by atoms with Crippen LogP contribution < -0.4 is 5.32 Å². The van der Waals surface area contributed by atoms with Gasteiger partial charge in [0.15, 0.2) is 0 Å². The van der Waals surface area contributed by atoms with Crippen molar-refractivity contribution in [3.63, 3.8) is 0 Å². The summed E-state index contributed by atoms with van der Waals surface area (Å²) >= 11 is 3.57. The van der Waals surface area contributed by atoms with Gasteiger partial charge in [-0.25, -0.2) is 4.79 Å². The molecule has 4 nitrogen and oxygen atoms in total. The Morgan fingerprint density at radius 1 is 1.30 bits per heavy atom. The van der Waals surface area contributed by atoms with Crippen LogP contribution in [0, 0.1) is 2.88 Å². The van der Waals surface area contributed by atoms with Gasteiger partial charge < -0.3 is 10.4 Å². The number of carbonyl (C=O) groups is 2. The molecule has 2 rings (SSSR count). The molecule has 1 heterocycles. The third kappa shape index (κ3) is 4.04. The second-order valence-corrected chi connectivity index (χ2v) is 7.00. The van der Waals surface area contributed by atoms with E-state index in [1.165, 1.54) is 11.3 Å². The SMILES string of the molecule is O=C(NC(Cc1ccccc1)C(=O)O)c1csc(I)c1. The highest BCUT2D eigenvalue weighted by molar-refractivity contribution is 14.1. The fraction of sp³-hybridized carbons (Fsp3) is 0.143. The highest BCUT2D eigenvalue weighted by Crippen LogP contribution is 2.16. The summed E-state index contributed by atoms with van der Waals surface area (Å²) in [6, 6.07) is 10.1.